The van der Waals surface area contributed by atoms with E-state index in [9.17, 15) is 13.2 Å². The minimum atomic E-state index is -4.67. The molecular formula is C8H8BrClF3NO. The van der Waals surface area contributed by atoms with Crippen LogP contribution in [0.2, 0.25) is 0 Å². The van der Waals surface area contributed by atoms with Gasteiger partial charge in [0, 0.05) is 6.54 Å². The second-order valence-corrected chi connectivity index (χ2v) is 3.37. The number of hydrogen-bond acceptors (Lipinski definition) is 2. The molecule has 1 aromatic carbocycles. The fraction of sp³-hybridized carbons (Fsp3) is 0.250. The minimum absolute atomic E-state index is 0. The number of nitrogens with two attached hydrogens (primary N) is 1. The molecule has 0 bridgehead atoms. The van der Waals surface area contributed by atoms with Crippen LogP contribution >= 0.6 is 28.3 Å². The van der Waals surface area contributed by atoms with Gasteiger partial charge < -0.3 is 10.5 Å². The van der Waals surface area contributed by atoms with E-state index in [-0.39, 0.29) is 29.2 Å². The number of halogens is 5. The van der Waals surface area contributed by atoms with Gasteiger partial charge >= 0.3 is 6.36 Å². The van der Waals surface area contributed by atoms with Gasteiger partial charge in [0.25, 0.3) is 0 Å². The molecule has 1 rings (SSSR count). The average molecular weight is 307 g/mol. The Bertz CT molecular complexity index is 332. The molecule has 7 heteroatoms. The third-order valence-electron chi connectivity index (χ3n) is 1.46. The highest BCUT2D eigenvalue weighted by atomic mass is 79.9. The molecular weight excluding hydrogens is 298 g/mol. The second-order valence-electron chi connectivity index (χ2n) is 2.52. The van der Waals surface area contributed by atoms with Gasteiger partial charge in [-0.05, 0) is 33.6 Å². The molecule has 0 aliphatic heterocycles. The van der Waals surface area contributed by atoms with E-state index in [4.69, 9.17) is 5.73 Å². The van der Waals surface area contributed by atoms with Crippen LogP contribution in [-0.4, -0.2) is 6.36 Å². The van der Waals surface area contributed by atoms with Crippen LogP contribution in [0.15, 0.2) is 22.7 Å². The summed E-state index contributed by atoms with van der Waals surface area (Å²) in [5, 5.41) is 0. The van der Waals surface area contributed by atoms with Crippen molar-refractivity contribution in [3.63, 3.8) is 0 Å². The van der Waals surface area contributed by atoms with Gasteiger partial charge in [0.15, 0.2) is 0 Å². The van der Waals surface area contributed by atoms with E-state index >= 15 is 0 Å². The maximum atomic E-state index is 11.8. The smallest absolute Gasteiger partial charge is 0.405 e. The number of ether oxygens (including phenoxy) is 1. The van der Waals surface area contributed by atoms with E-state index in [1.165, 1.54) is 18.2 Å². The number of rotatable bonds is 2. The van der Waals surface area contributed by atoms with Crippen LogP contribution in [0, 0.1) is 0 Å². The Morgan fingerprint density at radius 3 is 2.33 bits per heavy atom. The van der Waals surface area contributed by atoms with Gasteiger partial charge in [-0.15, -0.1) is 25.6 Å². The Morgan fingerprint density at radius 1 is 1.33 bits per heavy atom. The molecule has 2 N–H and O–H groups in total. The van der Waals surface area contributed by atoms with Crippen molar-refractivity contribution in [1.82, 2.24) is 0 Å². The SMILES string of the molecule is Cl.NCc1ccc(OC(F)(F)F)c(Br)c1. The van der Waals surface area contributed by atoms with Gasteiger partial charge in [0.05, 0.1) is 4.47 Å². The lowest BCUT2D eigenvalue weighted by Gasteiger charge is -2.10. The molecule has 0 unspecified atom stereocenters. The number of benzene rings is 1. The van der Waals surface area contributed by atoms with E-state index in [1.807, 2.05) is 0 Å². The van der Waals surface area contributed by atoms with Crippen molar-refractivity contribution in [1.29, 1.82) is 0 Å². The van der Waals surface area contributed by atoms with Crippen LogP contribution in [0.4, 0.5) is 13.2 Å². The van der Waals surface area contributed by atoms with Crippen molar-refractivity contribution in [3.8, 4) is 5.75 Å². The predicted molar refractivity (Wildman–Crippen MR) is 56.0 cm³/mol. The van der Waals surface area contributed by atoms with Gasteiger partial charge in [-0.1, -0.05) is 6.07 Å². The predicted octanol–water partition coefficient (Wildman–Crippen LogP) is 3.23. The quantitative estimate of drug-likeness (QED) is 0.910. The zero-order valence-corrected chi connectivity index (χ0v) is 9.75. The Balaban J connectivity index is 0.00000196. The highest BCUT2D eigenvalue weighted by Gasteiger charge is 2.31. The topological polar surface area (TPSA) is 35.2 Å². The molecule has 0 aliphatic rings. The Hall–Kier alpha value is -0.460. The Labute approximate surface area is 99.1 Å². The van der Waals surface area contributed by atoms with Gasteiger partial charge in [0.1, 0.15) is 5.75 Å². The average Bonchev–Trinajstić information content (AvgIpc) is 2.06. The molecule has 86 valence electrons. The molecule has 0 amide bonds. The van der Waals surface area contributed by atoms with Crippen LogP contribution in [-0.2, 0) is 6.54 Å². The van der Waals surface area contributed by atoms with Gasteiger partial charge in [-0.3, -0.25) is 0 Å². The fourth-order valence-corrected chi connectivity index (χ4v) is 1.39. The Morgan fingerprint density at radius 2 is 1.93 bits per heavy atom. The van der Waals surface area contributed by atoms with Gasteiger partial charge in [-0.25, -0.2) is 0 Å². The highest BCUT2D eigenvalue weighted by Crippen LogP contribution is 2.30. The third kappa shape index (κ3) is 4.72. The van der Waals surface area contributed by atoms with Crippen LogP contribution in [0.3, 0.4) is 0 Å². The standard InChI is InChI=1S/C8H7BrF3NO.ClH/c9-6-3-5(4-13)1-2-7(6)14-8(10,11)12;/h1-3H,4,13H2;1H. The summed E-state index contributed by atoms with van der Waals surface area (Å²) in [6, 6.07) is 4.19. The number of alkyl halides is 3. The second kappa shape index (κ2) is 5.58. The first-order valence-electron chi connectivity index (χ1n) is 3.66. The zero-order chi connectivity index (χ0) is 10.8. The van der Waals surface area contributed by atoms with Crippen LogP contribution in [0.1, 0.15) is 5.56 Å². The fourth-order valence-electron chi connectivity index (χ4n) is 0.879. The van der Waals surface area contributed by atoms with Crippen molar-refractivity contribution in [2.45, 2.75) is 12.9 Å². The summed E-state index contributed by atoms with van der Waals surface area (Å²) >= 11 is 2.96. The summed E-state index contributed by atoms with van der Waals surface area (Å²) in [6.45, 7) is 0.269. The Kier molecular flexibility index (Phi) is 5.41. The van der Waals surface area contributed by atoms with Crippen LogP contribution in [0.25, 0.3) is 0 Å². The molecule has 0 radical (unpaired) electrons. The summed E-state index contributed by atoms with van der Waals surface area (Å²) in [5.41, 5.74) is 6.04. The van der Waals surface area contributed by atoms with Gasteiger partial charge in [-0.2, -0.15) is 0 Å². The molecule has 0 saturated heterocycles. The van der Waals surface area contributed by atoms with Crippen molar-refractivity contribution < 1.29 is 17.9 Å². The zero-order valence-electron chi connectivity index (χ0n) is 7.34. The monoisotopic (exact) mass is 305 g/mol. The van der Waals surface area contributed by atoms with E-state index in [2.05, 4.69) is 20.7 Å². The molecule has 2 nitrogen and oxygen atoms in total. The summed E-state index contributed by atoms with van der Waals surface area (Å²) in [6.07, 6.45) is -4.67. The third-order valence-corrected chi connectivity index (χ3v) is 2.08. The maximum Gasteiger partial charge on any atom is 0.573 e. The molecule has 1 aromatic rings. The molecule has 0 aliphatic carbocycles. The van der Waals surface area contributed by atoms with E-state index in [0.717, 1.165) is 5.56 Å². The first kappa shape index (κ1) is 14.5. The highest BCUT2D eigenvalue weighted by molar-refractivity contribution is 9.10. The first-order valence-corrected chi connectivity index (χ1v) is 4.46. The normalized spacial score (nSPS) is 10.7. The summed E-state index contributed by atoms with van der Waals surface area (Å²) in [7, 11) is 0. The summed E-state index contributed by atoms with van der Waals surface area (Å²) in [4.78, 5) is 0. The van der Waals surface area contributed by atoms with E-state index in [1.54, 1.807) is 0 Å². The first-order chi connectivity index (χ1) is 6.42. The maximum absolute atomic E-state index is 11.8. The molecule has 0 spiro atoms. The summed E-state index contributed by atoms with van der Waals surface area (Å²) in [5.74, 6) is -0.269. The lowest BCUT2D eigenvalue weighted by Crippen LogP contribution is -2.17. The lowest BCUT2D eigenvalue weighted by molar-refractivity contribution is -0.274. The van der Waals surface area contributed by atoms with Crippen LogP contribution in [0.5, 0.6) is 5.75 Å². The largest absolute Gasteiger partial charge is 0.573 e. The van der Waals surface area contributed by atoms with E-state index < -0.39 is 6.36 Å². The molecule has 0 atom stereocenters. The lowest BCUT2D eigenvalue weighted by atomic mass is 10.2. The molecule has 0 heterocycles. The molecule has 0 aromatic heterocycles. The van der Waals surface area contributed by atoms with Crippen molar-refractivity contribution in [2.75, 3.05) is 0 Å². The van der Waals surface area contributed by atoms with E-state index in [0.29, 0.717) is 0 Å². The number of hydrogen-bond donors (Lipinski definition) is 1. The van der Waals surface area contributed by atoms with Crippen molar-refractivity contribution >= 4 is 28.3 Å². The van der Waals surface area contributed by atoms with Crippen LogP contribution < -0.4 is 10.5 Å². The molecule has 0 saturated carbocycles. The van der Waals surface area contributed by atoms with Crippen molar-refractivity contribution in [2.24, 2.45) is 5.73 Å². The minimum Gasteiger partial charge on any atom is -0.405 e. The van der Waals surface area contributed by atoms with Gasteiger partial charge in [0.2, 0.25) is 0 Å². The summed E-state index contributed by atoms with van der Waals surface area (Å²) < 4.78 is 39.5. The molecule has 0 fully saturated rings. The van der Waals surface area contributed by atoms with Crippen molar-refractivity contribution in [3.05, 3.63) is 28.2 Å². The molecule has 15 heavy (non-hydrogen) atoms.